The van der Waals surface area contributed by atoms with Crippen molar-refractivity contribution in [2.24, 2.45) is 0 Å². The number of anilines is 1. The first kappa shape index (κ1) is 22.4. The highest BCUT2D eigenvalue weighted by Crippen LogP contribution is 2.26. The molecule has 0 bridgehead atoms. The predicted molar refractivity (Wildman–Crippen MR) is 123 cm³/mol. The van der Waals surface area contributed by atoms with E-state index in [9.17, 15) is 4.79 Å². The molecule has 2 aromatic rings. The minimum atomic E-state index is -0.266. The van der Waals surface area contributed by atoms with Gasteiger partial charge in [0.1, 0.15) is 5.75 Å². The summed E-state index contributed by atoms with van der Waals surface area (Å²) < 4.78 is 6.54. The number of amides is 1. The lowest BCUT2D eigenvalue weighted by molar-refractivity contribution is 0.0977. The van der Waals surface area contributed by atoms with Gasteiger partial charge in [-0.05, 0) is 83.8 Å². The molecule has 2 aromatic carbocycles. The summed E-state index contributed by atoms with van der Waals surface area (Å²) in [6, 6.07) is 11.3. The first-order chi connectivity index (χ1) is 13.4. The minimum absolute atomic E-state index is 0.266. The van der Waals surface area contributed by atoms with Crippen LogP contribution in [0, 0.1) is 13.8 Å². The number of thiocarbonyl (C=S) groups is 1. The Kier molecular flexibility index (Phi) is 8.93. The van der Waals surface area contributed by atoms with Crippen LogP contribution in [0.25, 0.3) is 0 Å². The highest BCUT2D eigenvalue weighted by Gasteiger charge is 2.11. The van der Waals surface area contributed by atoms with E-state index in [4.69, 9.17) is 17.0 Å². The Hall–Kier alpha value is -1.92. The van der Waals surface area contributed by atoms with E-state index < -0.39 is 0 Å². The Morgan fingerprint density at radius 1 is 1.11 bits per heavy atom. The number of unbranched alkanes of at least 4 members (excludes halogenated alkanes) is 3. The van der Waals surface area contributed by atoms with Crippen LogP contribution in [0.5, 0.6) is 5.75 Å². The van der Waals surface area contributed by atoms with Gasteiger partial charge in [-0.15, -0.1) is 0 Å². The van der Waals surface area contributed by atoms with Crippen LogP contribution in [-0.4, -0.2) is 17.6 Å². The van der Waals surface area contributed by atoms with Crippen LogP contribution in [0.1, 0.15) is 54.1 Å². The van der Waals surface area contributed by atoms with Gasteiger partial charge in [0, 0.05) is 11.3 Å². The maximum absolute atomic E-state index is 12.5. The summed E-state index contributed by atoms with van der Waals surface area (Å²) in [5.74, 6) is 0.474. The molecule has 4 nitrogen and oxygen atoms in total. The summed E-state index contributed by atoms with van der Waals surface area (Å²) in [5, 5.41) is 6.08. The summed E-state index contributed by atoms with van der Waals surface area (Å²) in [6.45, 7) is 6.86. The molecule has 0 aliphatic carbocycles. The quantitative estimate of drug-likeness (QED) is 0.364. The Morgan fingerprint density at radius 2 is 1.89 bits per heavy atom. The van der Waals surface area contributed by atoms with Gasteiger partial charge in [0.15, 0.2) is 5.11 Å². The number of nitrogens with one attached hydrogen (secondary N) is 2. The van der Waals surface area contributed by atoms with Crippen molar-refractivity contribution < 1.29 is 9.53 Å². The average Bonchev–Trinajstić information content (AvgIpc) is 2.65. The molecule has 0 atom stereocenters. The smallest absolute Gasteiger partial charge is 0.257 e. The summed E-state index contributed by atoms with van der Waals surface area (Å²) in [7, 11) is 0. The van der Waals surface area contributed by atoms with E-state index in [2.05, 4.69) is 33.5 Å². The van der Waals surface area contributed by atoms with E-state index in [-0.39, 0.29) is 11.0 Å². The van der Waals surface area contributed by atoms with Crippen LogP contribution in [0.4, 0.5) is 5.69 Å². The minimum Gasteiger partial charge on any atom is -0.492 e. The normalized spacial score (nSPS) is 10.4. The molecule has 0 heterocycles. The van der Waals surface area contributed by atoms with Crippen molar-refractivity contribution in [2.75, 3.05) is 11.9 Å². The average molecular weight is 463 g/mol. The number of ether oxygens (including phenoxy) is 1. The molecule has 2 N–H and O–H groups in total. The van der Waals surface area contributed by atoms with Crippen molar-refractivity contribution in [2.45, 2.75) is 46.5 Å². The van der Waals surface area contributed by atoms with E-state index in [0.717, 1.165) is 33.5 Å². The highest BCUT2D eigenvalue weighted by atomic mass is 79.9. The van der Waals surface area contributed by atoms with E-state index in [0.29, 0.717) is 12.2 Å². The molecule has 0 unspecified atom stereocenters. The summed E-state index contributed by atoms with van der Waals surface area (Å²) in [4.78, 5) is 12.5. The lowest BCUT2D eigenvalue weighted by Gasteiger charge is -2.13. The molecule has 2 rings (SSSR count). The number of carbonyl (C=O) groups is 1. The van der Waals surface area contributed by atoms with Gasteiger partial charge < -0.3 is 10.1 Å². The van der Waals surface area contributed by atoms with Gasteiger partial charge in [-0.2, -0.15) is 0 Å². The van der Waals surface area contributed by atoms with Crippen LogP contribution in [0.2, 0.25) is 0 Å². The van der Waals surface area contributed by atoms with E-state index in [1.165, 1.54) is 19.3 Å². The van der Waals surface area contributed by atoms with Crippen LogP contribution in [0.15, 0.2) is 40.9 Å². The number of hydrogen-bond acceptors (Lipinski definition) is 3. The van der Waals surface area contributed by atoms with Crippen molar-refractivity contribution in [3.05, 3.63) is 57.6 Å². The molecule has 0 saturated heterocycles. The fourth-order valence-corrected chi connectivity index (χ4v) is 3.37. The monoisotopic (exact) mass is 462 g/mol. The van der Waals surface area contributed by atoms with E-state index in [1.807, 2.05) is 32.0 Å². The topological polar surface area (TPSA) is 50.4 Å². The SMILES string of the molecule is CCCCCCOc1ccc(C(=O)NC(=S)Nc2cc(C)ccc2C)cc1Br. The van der Waals surface area contributed by atoms with Crippen LogP contribution >= 0.6 is 28.1 Å². The third-order valence-corrected chi connectivity index (χ3v) is 5.14. The largest absolute Gasteiger partial charge is 0.492 e. The Labute approximate surface area is 181 Å². The van der Waals surface area contributed by atoms with Gasteiger partial charge in [0.05, 0.1) is 11.1 Å². The Balaban J connectivity index is 1.92. The standard InChI is InChI=1S/C22H27BrN2O2S/c1-4-5-6-7-12-27-20-11-10-17(14-18(20)23)21(26)25-22(28)24-19-13-15(2)8-9-16(19)3/h8-11,13-14H,4-7,12H2,1-3H3,(H2,24,25,26,28). The fourth-order valence-electron chi connectivity index (χ4n) is 2.67. The van der Waals surface area contributed by atoms with Crippen molar-refractivity contribution in [3.8, 4) is 5.75 Å². The van der Waals surface area contributed by atoms with Crippen molar-refractivity contribution in [1.29, 1.82) is 0 Å². The first-order valence-corrected chi connectivity index (χ1v) is 10.7. The summed E-state index contributed by atoms with van der Waals surface area (Å²) >= 11 is 8.77. The summed E-state index contributed by atoms with van der Waals surface area (Å²) in [6.07, 6.45) is 4.62. The number of carbonyl (C=O) groups excluding carboxylic acids is 1. The summed E-state index contributed by atoms with van der Waals surface area (Å²) in [5.41, 5.74) is 3.58. The molecule has 0 aromatic heterocycles. The van der Waals surface area contributed by atoms with Gasteiger partial charge in [0.25, 0.3) is 5.91 Å². The van der Waals surface area contributed by atoms with Crippen LogP contribution < -0.4 is 15.4 Å². The molecule has 0 aliphatic heterocycles. The van der Waals surface area contributed by atoms with E-state index in [1.54, 1.807) is 18.2 Å². The molecule has 0 fully saturated rings. The van der Waals surface area contributed by atoms with Gasteiger partial charge in [-0.25, -0.2) is 0 Å². The zero-order chi connectivity index (χ0) is 20.5. The lowest BCUT2D eigenvalue weighted by Crippen LogP contribution is -2.34. The molecule has 28 heavy (non-hydrogen) atoms. The number of halogens is 1. The third-order valence-electron chi connectivity index (χ3n) is 4.32. The zero-order valence-electron chi connectivity index (χ0n) is 16.6. The molecule has 0 saturated carbocycles. The molecule has 0 radical (unpaired) electrons. The second-order valence-electron chi connectivity index (χ2n) is 6.78. The molecule has 150 valence electrons. The van der Waals surface area contributed by atoms with Crippen LogP contribution in [-0.2, 0) is 0 Å². The second-order valence-corrected chi connectivity index (χ2v) is 8.04. The number of hydrogen-bond donors (Lipinski definition) is 2. The molecule has 1 amide bonds. The van der Waals surface area contributed by atoms with Crippen LogP contribution in [0.3, 0.4) is 0 Å². The number of aryl methyl sites for hydroxylation is 2. The Morgan fingerprint density at radius 3 is 2.61 bits per heavy atom. The lowest BCUT2D eigenvalue weighted by atomic mass is 10.1. The van der Waals surface area contributed by atoms with Crippen molar-refractivity contribution in [3.63, 3.8) is 0 Å². The molecule has 0 spiro atoms. The highest BCUT2D eigenvalue weighted by molar-refractivity contribution is 9.10. The van der Waals surface area contributed by atoms with Gasteiger partial charge in [-0.3, -0.25) is 10.1 Å². The molecule has 0 aliphatic rings. The maximum Gasteiger partial charge on any atom is 0.257 e. The van der Waals surface area contributed by atoms with Gasteiger partial charge >= 0.3 is 0 Å². The molecular formula is C22H27BrN2O2S. The number of rotatable bonds is 8. The molecule has 6 heteroatoms. The van der Waals surface area contributed by atoms with Gasteiger partial charge in [-0.1, -0.05) is 38.3 Å². The second kappa shape index (κ2) is 11.2. The van der Waals surface area contributed by atoms with E-state index >= 15 is 0 Å². The van der Waals surface area contributed by atoms with Crippen molar-refractivity contribution in [1.82, 2.24) is 5.32 Å². The third kappa shape index (κ3) is 6.91. The van der Waals surface area contributed by atoms with Gasteiger partial charge in [0.2, 0.25) is 0 Å². The predicted octanol–water partition coefficient (Wildman–Crippen LogP) is 6.15. The fraction of sp³-hybridized carbons (Fsp3) is 0.364. The van der Waals surface area contributed by atoms with Crippen molar-refractivity contribution >= 4 is 44.9 Å². The first-order valence-electron chi connectivity index (χ1n) is 9.52. The maximum atomic E-state index is 12.5. The molecular weight excluding hydrogens is 436 g/mol. The Bertz CT molecular complexity index is 839. The zero-order valence-corrected chi connectivity index (χ0v) is 19.0. The number of benzene rings is 2.